The van der Waals surface area contributed by atoms with Crippen LogP contribution in [0.3, 0.4) is 0 Å². The van der Waals surface area contributed by atoms with Gasteiger partial charge in [-0.25, -0.2) is 4.68 Å². The van der Waals surface area contributed by atoms with Crippen LogP contribution in [0.4, 0.5) is 0 Å². The quantitative estimate of drug-likeness (QED) is 0.795. The van der Waals surface area contributed by atoms with E-state index in [0.717, 1.165) is 28.9 Å². The zero-order valence-corrected chi connectivity index (χ0v) is 12.7. The molecule has 0 saturated heterocycles. The van der Waals surface area contributed by atoms with Gasteiger partial charge in [-0.15, -0.1) is 0 Å². The summed E-state index contributed by atoms with van der Waals surface area (Å²) in [7, 11) is 0. The van der Waals surface area contributed by atoms with E-state index in [4.69, 9.17) is 11.6 Å². The second kappa shape index (κ2) is 4.45. The summed E-state index contributed by atoms with van der Waals surface area (Å²) in [4.78, 5) is 12.2. The van der Waals surface area contributed by atoms with Gasteiger partial charge in [0.15, 0.2) is 5.78 Å². The molecule has 0 aliphatic heterocycles. The second-order valence-electron chi connectivity index (χ2n) is 6.29. The molecule has 0 atom stereocenters. The van der Waals surface area contributed by atoms with Crippen LogP contribution in [-0.2, 0) is 6.42 Å². The largest absolute Gasteiger partial charge is 0.294 e. The number of nitrogens with zero attached hydrogens (tertiary/aromatic N) is 2. The van der Waals surface area contributed by atoms with Gasteiger partial charge in [0.2, 0.25) is 0 Å². The normalized spacial score (nSPS) is 17.1. The first-order valence-corrected chi connectivity index (χ1v) is 7.12. The first-order valence-electron chi connectivity index (χ1n) is 6.74. The first-order chi connectivity index (χ1) is 9.37. The van der Waals surface area contributed by atoms with E-state index < -0.39 is 0 Å². The van der Waals surface area contributed by atoms with Gasteiger partial charge in [-0.05, 0) is 36.5 Å². The maximum Gasteiger partial charge on any atom is 0.166 e. The van der Waals surface area contributed by atoms with Crippen LogP contribution in [-0.4, -0.2) is 15.6 Å². The van der Waals surface area contributed by atoms with Crippen molar-refractivity contribution in [3.05, 3.63) is 46.2 Å². The van der Waals surface area contributed by atoms with Gasteiger partial charge < -0.3 is 0 Å². The van der Waals surface area contributed by atoms with E-state index in [2.05, 4.69) is 18.9 Å². The zero-order valence-electron chi connectivity index (χ0n) is 11.9. The van der Waals surface area contributed by atoms with Crippen molar-refractivity contribution in [3.8, 4) is 5.69 Å². The van der Waals surface area contributed by atoms with Crippen LogP contribution in [0.5, 0.6) is 0 Å². The SMILES string of the molecule is Cc1ccc(-n2ncc3c2CC(C)(C)CC3=O)cc1Cl. The molecule has 2 aromatic rings. The Morgan fingerprint density at radius 2 is 2.05 bits per heavy atom. The van der Waals surface area contributed by atoms with Crippen molar-refractivity contribution >= 4 is 17.4 Å². The average Bonchev–Trinajstić information content (AvgIpc) is 2.75. The van der Waals surface area contributed by atoms with Gasteiger partial charge in [0.1, 0.15) is 0 Å². The fourth-order valence-electron chi connectivity index (χ4n) is 2.76. The van der Waals surface area contributed by atoms with Crippen molar-refractivity contribution in [3.63, 3.8) is 0 Å². The molecule has 0 saturated carbocycles. The summed E-state index contributed by atoms with van der Waals surface area (Å²) in [6, 6.07) is 5.86. The highest BCUT2D eigenvalue weighted by Gasteiger charge is 2.34. The van der Waals surface area contributed by atoms with Crippen molar-refractivity contribution in [2.24, 2.45) is 5.41 Å². The molecule has 1 aliphatic rings. The minimum atomic E-state index is -0.0175. The Labute approximate surface area is 123 Å². The Morgan fingerprint density at radius 3 is 2.75 bits per heavy atom. The van der Waals surface area contributed by atoms with Gasteiger partial charge in [0.25, 0.3) is 0 Å². The number of aryl methyl sites for hydroxylation is 1. The number of Topliss-reactive ketones (excluding diaryl/α,β-unsaturated/α-hetero) is 1. The standard InChI is InChI=1S/C16H17ClN2O/c1-10-4-5-11(6-13(10)17)19-14-7-16(2,3)8-15(20)12(14)9-18-19/h4-6,9H,7-8H2,1-3H3. The number of carbonyl (C=O) groups excluding carboxylic acids is 1. The monoisotopic (exact) mass is 288 g/mol. The van der Waals surface area contributed by atoms with Crippen molar-refractivity contribution in [2.45, 2.75) is 33.6 Å². The van der Waals surface area contributed by atoms with E-state index in [9.17, 15) is 4.79 Å². The Morgan fingerprint density at radius 1 is 1.30 bits per heavy atom. The van der Waals surface area contributed by atoms with Gasteiger partial charge in [0.05, 0.1) is 23.1 Å². The lowest BCUT2D eigenvalue weighted by Crippen LogP contribution is -2.27. The van der Waals surface area contributed by atoms with Crippen molar-refractivity contribution in [2.75, 3.05) is 0 Å². The predicted molar refractivity (Wildman–Crippen MR) is 79.7 cm³/mol. The third kappa shape index (κ3) is 2.16. The summed E-state index contributed by atoms with van der Waals surface area (Å²) in [5.74, 6) is 0.181. The van der Waals surface area contributed by atoms with Crippen molar-refractivity contribution < 1.29 is 4.79 Å². The van der Waals surface area contributed by atoms with Crippen LogP contribution in [0.1, 0.15) is 41.9 Å². The lowest BCUT2D eigenvalue weighted by molar-refractivity contribution is 0.0911. The molecule has 104 valence electrons. The number of hydrogen-bond donors (Lipinski definition) is 0. The number of carbonyl (C=O) groups is 1. The van der Waals surface area contributed by atoms with Crippen LogP contribution in [0.2, 0.25) is 5.02 Å². The van der Waals surface area contributed by atoms with E-state index in [-0.39, 0.29) is 11.2 Å². The number of hydrogen-bond acceptors (Lipinski definition) is 2. The van der Waals surface area contributed by atoms with Crippen LogP contribution in [0, 0.1) is 12.3 Å². The molecule has 3 rings (SSSR count). The molecule has 0 bridgehead atoms. The summed E-state index contributed by atoms with van der Waals surface area (Å²) < 4.78 is 1.85. The topological polar surface area (TPSA) is 34.9 Å². The Balaban J connectivity index is 2.13. The molecule has 0 spiro atoms. The van der Waals surface area contributed by atoms with E-state index in [0.29, 0.717) is 11.4 Å². The third-order valence-corrected chi connectivity index (χ3v) is 4.26. The maximum absolute atomic E-state index is 12.2. The summed E-state index contributed by atoms with van der Waals surface area (Å²) in [5, 5.41) is 5.11. The molecule has 0 radical (unpaired) electrons. The average molecular weight is 289 g/mol. The van der Waals surface area contributed by atoms with Crippen molar-refractivity contribution in [1.82, 2.24) is 9.78 Å². The van der Waals surface area contributed by atoms with Crippen LogP contribution < -0.4 is 0 Å². The van der Waals surface area contributed by atoms with E-state index in [1.165, 1.54) is 0 Å². The summed E-state index contributed by atoms with van der Waals surface area (Å²) in [5.41, 5.74) is 3.67. The number of ketones is 1. The van der Waals surface area contributed by atoms with Gasteiger partial charge in [-0.2, -0.15) is 5.10 Å². The highest BCUT2D eigenvalue weighted by molar-refractivity contribution is 6.31. The molecule has 0 amide bonds. The number of aromatic nitrogens is 2. The minimum Gasteiger partial charge on any atom is -0.294 e. The van der Waals surface area contributed by atoms with Crippen LogP contribution >= 0.6 is 11.6 Å². The molecule has 20 heavy (non-hydrogen) atoms. The second-order valence-corrected chi connectivity index (χ2v) is 6.70. The molecule has 3 nitrogen and oxygen atoms in total. The zero-order chi connectivity index (χ0) is 14.5. The maximum atomic E-state index is 12.2. The van der Waals surface area contributed by atoms with Crippen LogP contribution in [0.15, 0.2) is 24.4 Å². The first kappa shape index (κ1) is 13.4. The Bertz CT molecular complexity index is 700. The molecule has 1 heterocycles. The highest BCUT2D eigenvalue weighted by Crippen LogP contribution is 2.35. The molecule has 1 aliphatic carbocycles. The Hall–Kier alpha value is -1.61. The smallest absolute Gasteiger partial charge is 0.166 e. The van der Waals surface area contributed by atoms with E-state index in [1.54, 1.807) is 6.20 Å². The Kier molecular flexibility index (Phi) is 2.98. The molecule has 1 aromatic heterocycles. The van der Waals surface area contributed by atoms with E-state index in [1.807, 2.05) is 29.8 Å². The fraction of sp³-hybridized carbons (Fsp3) is 0.375. The third-order valence-electron chi connectivity index (χ3n) is 3.85. The van der Waals surface area contributed by atoms with E-state index >= 15 is 0 Å². The molecule has 4 heteroatoms. The summed E-state index contributed by atoms with van der Waals surface area (Å²) >= 11 is 6.19. The van der Waals surface area contributed by atoms with Crippen molar-refractivity contribution in [1.29, 1.82) is 0 Å². The molecular weight excluding hydrogens is 272 g/mol. The lowest BCUT2D eigenvalue weighted by atomic mass is 9.76. The predicted octanol–water partition coefficient (Wildman–Crippen LogP) is 3.99. The molecular formula is C16H17ClN2O. The molecule has 0 unspecified atom stereocenters. The van der Waals surface area contributed by atoms with Gasteiger partial charge in [-0.1, -0.05) is 31.5 Å². The minimum absolute atomic E-state index is 0.0175. The molecule has 0 fully saturated rings. The fourth-order valence-corrected chi connectivity index (χ4v) is 2.93. The number of rotatable bonds is 1. The number of benzene rings is 1. The number of fused-ring (bicyclic) bond motifs is 1. The van der Waals surface area contributed by atoms with Gasteiger partial charge in [-0.3, -0.25) is 4.79 Å². The lowest BCUT2D eigenvalue weighted by Gasteiger charge is -2.28. The summed E-state index contributed by atoms with van der Waals surface area (Å²) in [6.45, 7) is 6.21. The van der Waals surface area contributed by atoms with Gasteiger partial charge in [0, 0.05) is 11.4 Å². The van der Waals surface area contributed by atoms with Crippen LogP contribution in [0.25, 0.3) is 5.69 Å². The molecule has 0 N–H and O–H groups in total. The number of halogens is 1. The molecule has 1 aromatic carbocycles. The highest BCUT2D eigenvalue weighted by atomic mass is 35.5. The van der Waals surface area contributed by atoms with Gasteiger partial charge >= 0.3 is 0 Å². The summed E-state index contributed by atoms with van der Waals surface area (Å²) in [6.07, 6.45) is 3.11.